The first-order valence-corrected chi connectivity index (χ1v) is 16.7. The lowest BCUT2D eigenvalue weighted by Crippen LogP contribution is -2.48. The van der Waals surface area contributed by atoms with Crippen LogP contribution in [0.15, 0.2) is 115 Å². The SMILES string of the molecule is CNC(=O)CC(NC(=O)CC1(c2ccc(F)cc2)CCN(C(=O)Oc2ccc3ccc(OC)cc3c2)CC1)c1ccc(-c2ccccc2)cc1. The minimum atomic E-state index is -0.664. The van der Waals surface area contributed by atoms with E-state index in [2.05, 4.69) is 10.6 Å². The Morgan fingerprint density at radius 1 is 0.780 bits per heavy atom. The van der Waals surface area contributed by atoms with Gasteiger partial charge in [-0.15, -0.1) is 0 Å². The summed E-state index contributed by atoms with van der Waals surface area (Å²) in [5.74, 6) is 0.321. The molecule has 2 N–H and O–H groups in total. The number of carbonyl (C=O) groups excluding carboxylic acids is 3. The number of nitrogens with one attached hydrogen (secondary N) is 2. The average Bonchev–Trinajstić information content (AvgIpc) is 3.15. The molecule has 1 fully saturated rings. The Hall–Kier alpha value is -5.70. The topological polar surface area (TPSA) is 97.0 Å². The van der Waals surface area contributed by atoms with Crippen molar-refractivity contribution in [3.63, 3.8) is 0 Å². The predicted molar refractivity (Wildman–Crippen MR) is 191 cm³/mol. The zero-order valence-electron chi connectivity index (χ0n) is 28.2. The van der Waals surface area contributed by atoms with Crippen LogP contribution in [0.25, 0.3) is 21.9 Å². The number of ether oxygens (including phenoxy) is 2. The van der Waals surface area contributed by atoms with Crippen LogP contribution in [-0.2, 0) is 15.0 Å². The summed E-state index contributed by atoms with van der Waals surface area (Å²) in [6, 6.07) is 34.6. The molecule has 5 aromatic carbocycles. The van der Waals surface area contributed by atoms with Crippen molar-refractivity contribution in [1.82, 2.24) is 15.5 Å². The first-order chi connectivity index (χ1) is 24.2. The van der Waals surface area contributed by atoms with Crippen molar-refractivity contribution in [3.05, 3.63) is 132 Å². The largest absolute Gasteiger partial charge is 0.497 e. The van der Waals surface area contributed by atoms with Crippen LogP contribution >= 0.6 is 0 Å². The van der Waals surface area contributed by atoms with Gasteiger partial charge in [0.25, 0.3) is 0 Å². The lowest BCUT2D eigenvalue weighted by molar-refractivity contribution is -0.124. The summed E-state index contributed by atoms with van der Waals surface area (Å²) in [6.07, 6.45) is 0.607. The maximum absolute atomic E-state index is 14.0. The van der Waals surface area contributed by atoms with Gasteiger partial charge in [-0.05, 0) is 82.3 Å². The Morgan fingerprint density at radius 2 is 1.42 bits per heavy atom. The van der Waals surface area contributed by atoms with Gasteiger partial charge in [-0.2, -0.15) is 0 Å². The highest BCUT2D eigenvalue weighted by Crippen LogP contribution is 2.40. The number of halogens is 1. The fourth-order valence-electron chi connectivity index (χ4n) is 6.68. The van der Waals surface area contributed by atoms with Crippen molar-refractivity contribution >= 4 is 28.7 Å². The molecule has 0 spiro atoms. The Labute approximate surface area is 291 Å². The number of nitrogens with zero attached hydrogens (tertiary/aromatic N) is 1. The van der Waals surface area contributed by atoms with Crippen molar-refractivity contribution in [2.75, 3.05) is 27.2 Å². The lowest BCUT2D eigenvalue weighted by atomic mass is 9.70. The van der Waals surface area contributed by atoms with Crippen molar-refractivity contribution < 1.29 is 28.2 Å². The minimum absolute atomic E-state index is 0.0671. The van der Waals surface area contributed by atoms with Crippen LogP contribution in [0.3, 0.4) is 0 Å². The summed E-state index contributed by atoms with van der Waals surface area (Å²) < 4.78 is 25.1. The van der Waals surface area contributed by atoms with Gasteiger partial charge in [0.2, 0.25) is 11.8 Å². The van der Waals surface area contributed by atoms with Gasteiger partial charge in [0, 0.05) is 32.0 Å². The fraction of sp³-hybridized carbons (Fsp3) is 0.244. The molecule has 8 nitrogen and oxygen atoms in total. The Bertz CT molecular complexity index is 1960. The van der Waals surface area contributed by atoms with Gasteiger partial charge in [-0.25, -0.2) is 9.18 Å². The molecule has 1 aliphatic rings. The van der Waals surface area contributed by atoms with E-state index in [0.29, 0.717) is 37.4 Å². The van der Waals surface area contributed by atoms with Crippen molar-refractivity contribution in [2.45, 2.75) is 37.1 Å². The predicted octanol–water partition coefficient (Wildman–Crippen LogP) is 7.57. The Balaban J connectivity index is 1.17. The molecule has 5 aromatic rings. The number of carbonyl (C=O) groups is 3. The van der Waals surface area contributed by atoms with Gasteiger partial charge in [0.1, 0.15) is 17.3 Å². The van der Waals surface area contributed by atoms with Crippen LogP contribution in [0.2, 0.25) is 0 Å². The average molecular weight is 674 g/mol. The normalized spacial score (nSPS) is 14.4. The number of benzene rings is 5. The second kappa shape index (κ2) is 15.2. The van der Waals surface area contributed by atoms with Crippen LogP contribution in [0.1, 0.15) is 42.9 Å². The maximum Gasteiger partial charge on any atom is 0.415 e. The summed E-state index contributed by atoms with van der Waals surface area (Å²) in [6.45, 7) is 0.682. The zero-order valence-corrected chi connectivity index (χ0v) is 28.2. The molecule has 9 heteroatoms. The van der Waals surface area contributed by atoms with E-state index >= 15 is 0 Å². The second-order valence-corrected chi connectivity index (χ2v) is 12.7. The number of hydrogen-bond donors (Lipinski definition) is 2. The summed E-state index contributed by atoms with van der Waals surface area (Å²) in [7, 11) is 3.17. The third kappa shape index (κ3) is 7.94. The molecule has 3 amide bonds. The van der Waals surface area contributed by atoms with Gasteiger partial charge in [0.05, 0.1) is 19.6 Å². The van der Waals surface area contributed by atoms with Crippen LogP contribution in [0.4, 0.5) is 9.18 Å². The molecule has 1 atom stereocenters. The highest BCUT2D eigenvalue weighted by Gasteiger charge is 2.40. The summed E-state index contributed by atoms with van der Waals surface area (Å²) in [5, 5.41) is 7.65. The van der Waals surface area contributed by atoms with E-state index in [4.69, 9.17) is 9.47 Å². The third-order valence-corrected chi connectivity index (χ3v) is 9.58. The Morgan fingerprint density at radius 3 is 2.08 bits per heavy atom. The second-order valence-electron chi connectivity index (χ2n) is 12.7. The standard InChI is InChI=1S/C41H40FN3O5/c1-43-38(46)26-37(31-10-8-29(9-11-31)28-6-4-3-5-7-28)44-39(47)27-41(33-14-16-34(42)17-15-33)20-22-45(23-21-41)40(48)50-36-19-13-30-12-18-35(49-2)24-32(30)25-36/h3-19,24-25,37H,20-23,26-27H2,1-2H3,(H,43,46)(H,44,47). The van der Waals surface area contributed by atoms with Crippen LogP contribution in [0, 0.1) is 5.82 Å². The molecule has 0 aromatic heterocycles. The van der Waals surface area contributed by atoms with Gasteiger partial charge < -0.3 is 25.0 Å². The molecule has 0 aliphatic carbocycles. The fourth-order valence-corrected chi connectivity index (χ4v) is 6.68. The van der Waals surface area contributed by atoms with E-state index < -0.39 is 17.6 Å². The smallest absolute Gasteiger partial charge is 0.415 e. The van der Waals surface area contributed by atoms with E-state index in [-0.39, 0.29) is 30.5 Å². The molecule has 6 rings (SSSR count). The van der Waals surface area contributed by atoms with E-state index in [1.54, 1.807) is 43.3 Å². The first kappa shape index (κ1) is 34.2. The van der Waals surface area contributed by atoms with Crippen molar-refractivity contribution in [3.8, 4) is 22.6 Å². The minimum Gasteiger partial charge on any atom is -0.497 e. The first-order valence-electron chi connectivity index (χ1n) is 16.7. The number of fused-ring (bicyclic) bond motifs is 1. The molecule has 256 valence electrons. The van der Waals surface area contributed by atoms with Gasteiger partial charge in [0.15, 0.2) is 0 Å². The molecule has 0 radical (unpaired) electrons. The van der Waals surface area contributed by atoms with E-state index in [0.717, 1.165) is 33.0 Å². The highest BCUT2D eigenvalue weighted by atomic mass is 19.1. The molecular weight excluding hydrogens is 633 g/mol. The molecule has 1 aliphatic heterocycles. The zero-order chi connectivity index (χ0) is 35.1. The number of likely N-dealkylation sites (tertiary alicyclic amines) is 1. The van der Waals surface area contributed by atoms with E-state index in [1.807, 2.05) is 78.9 Å². The van der Waals surface area contributed by atoms with E-state index in [9.17, 15) is 18.8 Å². The molecular formula is C41H40FN3O5. The number of rotatable bonds is 10. The summed E-state index contributed by atoms with van der Waals surface area (Å²) >= 11 is 0. The molecule has 0 saturated carbocycles. The van der Waals surface area contributed by atoms with Crippen molar-refractivity contribution in [2.24, 2.45) is 0 Å². The number of hydrogen-bond acceptors (Lipinski definition) is 5. The Kier molecular flexibility index (Phi) is 10.4. The van der Waals surface area contributed by atoms with Gasteiger partial charge >= 0.3 is 6.09 Å². The summed E-state index contributed by atoms with van der Waals surface area (Å²) in [4.78, 5) is 41.4. The molecule has 1 unspecified atom stereocenters. The number of methoxy groups -OCH3 is 1. The van der Waals surface area contributed by atoms with Crippen LogP contribution < -0.4 is 20.1 Å². The quantitative estimate of drug-likeness (QED) is 0.159. The van der Waals surface area contributed by atoms with E-state index in [1.165, 1.54) is 12.1 Å². The highest BCUT2D eigenvalue weighted by molar-refractivity contribution is 5.86. The molecule has 1 heterocycles. The third-order valence-electron chi connectivity index (χ3n) is 9.58. The van der Waals surface area contributed by atoms with Gasteiger partial charge in [-0.3, -0.25) is 9.59 Å². The van der Waals surface area contributed by atoms with Crippen LogP contribution in [0.5, 0.6) is 11.5 Å². The lowest BCUT2D eigenvalue weighted by Gasteiger charge is -2.41. The number of amides is 3. The van der Waals surface area contributed by atoms with Crippen molar-refractivity contribution in [1.29, 1.82) is 0 Å². The maximum atomic E-state index is 14.0. The summed E-state index contributed by atoms with van der Waals surface area (Å²) in [5.41, 5.74) is 3.06. The van der Waals surface area contributed by atoms with Gasteiger partial charge in [-0.1, -0.05) is 78.9 Å². The number of piperidine rings is 1. The van der Waals surface area contributed by atoms with Crippen LogP contribution in [-0.4, -0.2) is 50.1 Å². The molecule has 50 heavy (non-hydrogen) atoms. The molecule has 0 bridgehead atoms. The monoisotopic (exact) mass is 673 g/mol. The molecule has 1 saturated heterocycles.